The number of amides is 2. The number of piperazine rings is 1. The molecule has 5 heterocycles. The second-order valence-electron chi connectivity index (χ2n) is 9.75. The van der Waals surface area contributed by atoms with Gasteiger partial charge in [0.2, 0.25) is 11.8 Å². The van der Waals surface area contributed by atoms with Gasteiger partial charge in [-0.05, 0) is 44.2 Å². The van der Waals surface area contributed by atoms with Gasteiger partial charge >= 0.3 is 0 Å². The van der Waals surface area contributed by atoms with Crippen LogP contribution in [0.2, 0.25) is 0 Å². The second-order valence-corrected chi connectivity index (χ2v) is 9.75. The van der Waals surface area contributed by atoms with Crippen LogP contribution in [0.4, 0.5) is 5.82 Å². The molecule has 0 aliphatic carbocycles. The van der Waals surface area contributed by atoms with Gasteiger partial charge in [-0.25, -0.2) is 4.98 Å². The predicted octanol–water partition coefficient (Wildman–Crippen LogP) is 0.979. The molecule has 0 aromatic carbocycles. The Labute approximate surface area is 207 Å². The van der Waals surface area contributed by atoms with E-state index < -0.39 is 0 Å². The lowest BCUT2D eigenvalue weighted by atomic mass is 10.0. The third-order valence-corrected chi connectivity index (χ3v) is 7.74. The molecule has 1 N–H and O–H groups in total. The van der Waals surface area contributed by atoms with Gasteiger partial charge in [-0.1, -0.05) is 12.1 Å². The van der Waals surface area contributed by atoms with Crippen molar-refractivity contribution in [2.75, 3.05) is 51.2 Å². The Morgan fingerprint density at radius 1 is 1.03 bits per heavy atom. The molecule has 3 atom stereocenters. The molecule has 3 aliphatic rings. The Hall–Kier alpha value is -3.04. The van der Waals surface area contributed by atoms with E-state index >= 15 is 0 Å². The molecule has 2 amide bonds. The maximum atomic E-state index is 13.0. The molecule has 5 rings (SSSR count). The van der Waals surface area contributed by atoms with E-state index in [4.69, 9.17) is 0 Å². The largest absolute Gasteiger partial charge is 0.353 e. The molecule has 0 bridgehead atoms. The van der Waals surface area contributed by atoms with Gasteiger partial charge < -0.3 is 15.1 Å². The normalized spacial score (nSPS) is 25.7. The first-order chi connectivity index (χ1) is 17.1. The summed E-state index contributed by atoms with van der Waals surface area (Å²) >= 11 is 0. The molecule has 3 aliphatic heterocycles. The van der Waals surface area contributed by atoms with E-state index in [0.717, 1.165) is 57.1 Å². The Kier molecular flexibility index (Phi) is 7.24. The summed E-state index contributed by atoms with van der Waals surface area (Å²) in [6.07, 6.45) is 5.81. The minimum Gasteiger partial charge on any atom is -0.353 e. The van der Waals surface area contributed by atoms with Gasteiger partial charge in [0.05, 0.1) is 5.69 Å². The standard InChI is InChI=1S/C26H35N7O2/c1-30-21(8-9-24(34)32-16-14-31(15-17-32)23-7-3-5-12-28-23)18-29-26(35)25-22(30)10-13-33(25)19-20-6-2-4-11-27-20/h2-7,11-12,21-22,25H,8-10,13-19H2,1H3,(H,29,35)/t21-,22+,25-/m0/s1. The molecule has 3 saturated heterocycles. The smallest absolute Gasteiger partial charge is 0.239 e. The number of likely N-dealkylation sites (tertiary alicyclic amines) is 1. The van der Waals surface area contributed by atoms with E-state index in [1.54, 1.807) is 6.20 Å². The van der Waals surface area contributed by atoms with Crippen LogP contribution in [-0.4, -0.2) is 101 Å². The van der Waals surface area contributed by atoms with Gasteiger partial charge in [-0.15, -0.1) is 0 Å². The van der Waals surface area contributed by atoms with Crippen LogP contribution >= 0.6 is 0 Å². The summed E-state index contributed by atoms with van der Waals surface area (Å²) in [5.41, 5.74) is 0.984. The minimum atomic E-state index is -0.178. The number of hydrogen-bond donors (Lipinski definition) is 1. The number of nitrogens with zero attached hydrogens (tertiary/aromatic N) is 6. The lowest BCUT2D eigenvalue weighted by Gasteiger charge is -2.36. The average Bonchev–Trinajstić information content (AvgIpc) is 3.27. The van der Waals surface area contributed by atoms with E-state index in [1.807, 2.05) is 47.5 Å². The summed E-state index contributed by atoms with van der Waals surface area (Å²) in [7, 11) is 2.11. The number of carbonyl (C=O) groups excluding carboxylic acids is 2. The zero-order valence-corrected chi connectivity index (χ0v) is 20.4. The van der Waals surface area contributed by atoms with Crippen molar-refractivity contribution < 1.29 is 9.59 Å². The predicted molar refractivity (Wildman–Crippen MR) is 134 cm³/mol. The highest BCUT2D eigenvalue weighted by molar-refractivity contribution is 5.83. The number of likely N-dealkylation sites (N-methyl/N-ethyl adjacent to an activating group) is 1. The topological polar surface area (TPSA) is 84.9 Å². The zero-order valence-electron chi connectivity index (χ0n) is 20.4. The molecule has 0 saturated carbocycles. The second kappa shape index (κ2) is 10.7. The Bertz CT molecular complexity index is 997. The summed E-state index contributed by atoms with van der Waals surface area (Å²) in [5, 5.41) is 3.16. The maximum absolute atomic E-state index is 13.0. The molecular formula is C26H35N7O2. The maximum Gasteiger partial charge on any atom is 0.239 e. The van der Waals surface area contributed by atoms with Gasteiger partial charge in [0, 0.05) is 76.7 Å². The summed E-state index contributed by atoms with van der Waals surface area (Å²) in [6.45, 7) is 5.18. The summed E-state index contributed by atoms with van der Waals surface area (Å²) in [4.78, 5) is 43.7. The van der Waals surface area contributed by atoms with Gasteiger partial charge in [0.15, 0.2) is 0 Å². The van der Waals surface area contributed by atoms with Crippen LogP contribution in [0.3, 0.4) is 0 Å². The van der Waals surface area contributed by atoms with E-state index in [9.17, 15) is 9.59 Å². The fourth-order valence-electron chi connectivity index (χ4n) is 5.70. The zero-order chi connectivity index (χ0) is 24.2. The lowest BCUT2D eigenvalue weighted by Crippen LogP contribution is -2.50. The first kappa shape index (κ1) is 23.7. The van der Waals surface area contributed by atoms with E-state index in [0.29, 0.717) is 19.5 Å². The monoisotopic (exact) mass is 477 g/mol. The first-order valence-corrected chi connectivity index (χ1v) is 12.7. The van der Waals surface area contributed by atoms with Crippen LogP contribution in [0.5, 0.6) is 0 Å². The Balaban J connectivity index is 1.14. The van der Waals surface area contributed by atoms with Crippen LogP contribution in [-0.2, 0) is 16.1 Å². The molecule has 186 valence electrons. The average molecular weight is 478 g/mol. The molecule has 2 aromatic heterocycles. The number of aromatic nitrogens is 2. The fourth-order valence-corrected chi connectivity index (χ4v) is 5.70. The summed E-state index contributed by atoms with van der Waals surface area (Å²) in [5.74, 6) is 1.27. The van der Waals surface area contributed by atoms with Crippen molar-refractivity contribution in [1.82, 2.24) is 30.0 Å². The Morgan fingerprint density at radius 3 is 2.51 bits per heavy atom. The molecule has 35 heavy (non-hydrogen) atoms. The molecule has 0 unspecified atom stereocenters. The van der Waals surface area contributed by atoms with Gasteiger partial charge in [-0.3, -0.25) is 24.4 Å². The quantitative estimate of drug-likeness (QED) is 0.664. The third-order valence-electron chi connectivity index (χ3n) is 7.74. The molecule has 9 heteroatoms. The number of fused-ring (bicyclic) bond motifs is 1. The van der Waals surface area contributed by atoms with Crippen molar-refractivity contribution in [3.63, 3.8) is 0 Å². The van der Waals surface area contributed by atoms with Crippen LogP contribution in [0.25, 0.3) is 0 Å². The molecule has 3 fully saturated rings. The summed E-state index contributed by atoms with van der Waals surface area (Å²) < 4.78 is 0. The van der Waals surface area contributed by atoms with Crippen LogP contribution < -0.4 is 10.2 Å². The highest BCUT2D eigenvalue weighted by atomic mass is 16.2. The van der Waals surface area contributed by atoms with Crippen LogP contribution in [0.15, 0.2) is 48.8 Å². The number of carbonyl (C=O) groups is 2. The van der Waals surface area contributed by atoms with Crippen molar-refractivity contribution in [2.45, 2.75) is 43.9 Å². The molecule has 2 aromatic rings. The number of rotatable bonds is 6. The van der Waals surface area contributed by atoms with E-state index in [-0.39, 0.29) is 29.9 Å². The van der Waals surface area contributed by atoms with Crippen molar-refractivity contribution in [3.05, 3.63) is 54.5 Å². The van der Waals surface area contributed by atoms with Gasteiger partial charge in [0.1, 0.15) is 11.9 Å². The van der Waals surface area contributed by atoms with Crippen molar-refractivity contribution in [2.24, 2.45) is 0 Å². The number of anilines is 1. The van der Waals surface area contributed by atoms with Crippen molar-refractivity contribution in [1.29, 1.82) is 0 Å². The molecule has 0 spiro atoms. The Morgan fingerprint density at radius 2 is 1.80 bits per heavy atom. The highest BCUT2D eigenvalue weighted by Gasteiger charge is 2.45. The minimum absolute atomic E-state index is 0.0924. The number of pyridine rings is 2. The molecule has 0 radical (unpaired) electrons. The van der Waals surface area contributed by atoms with Gasteiger partial charge in [-0.2, -0.15) is 0 Å². The van der Waals surface area contributed by atoms with Crippen molar-refractivity contribution in [3.8, 4) is 0 Å². The van der Waals surface area contributed by atoms with Gasteiger partial charge in [0.25, 0.3) is 0 Å². The molecule has 9 nitrogen and oxygen atoms in total. The van der Waals surface area contributed by atoms with Crippen LogP contribution in [0, 0.1) is 0 Å². The highest BCUT2D eigenvalue weighted by Crippen LogP contribution is 2.28. The SMILES string of the molecule is CN1[C@@H](CCC(=O)N2CCN(c3ccccn3)CC2)CNC(=O)[C@@H]2[C@H]1CCN2Cc1ccccn1. The lowest BCUT2D eigenvalue weighted by molar-refractivity contribution is -0.132. The third kappa shape index (κ3) is 5.31. The fraction of sp³-hybridized carbons (Fsp3) is 0.538. The number of hydrogen-bond acceptors (Lipinski definition) is 7. The first-order valence-electron chi connectivity index (χ1n) is 12.7. The summed E-state index contributed by atoms with van der Waals surface area (Å²) in [6, 6.07) is 12.0. The number of nitrogens with one attached hydrogen (secondary N) is 1. The molecular weight excluding hydrogens is 442 g/mol. The van der Waals surface area contributed by atoms with E-state index in [1.165, 1.54) is 0 Å². The van der Waals surface area contributed by atoms with E-state index in [2.05, 4.69) is 37.0 Å². The van der Waals surface area contributed by atoms with Crippen molar-refractivity contribution >= 4 is 17.6 Å². The van der Waals surface area contributed by atoms with Crippen LogP contribution in [0.1, 0.15) is 25.0 Å².